The molecule has 0 aromatic heterocycles. The fourth-order valence-electron chi connectivity index (χ4n) is 1.87. The summed E-state index contributed by atoms with van der Waals surface area (Å²) in [6, 6.07) is 12.2. The van der Waals surface area contributed by atoms with Gasteiger partial charge in [0.15, 0.2) is 5.11 Å². The molecule has 0 saturated heterocycles. The number of hydrogen-bond donors (Lipinski definition) is 2. The van der Waals surface area contributed by atoms with Gasteiger partial charge >= 0.3 is 6.61 Å². The van der Waals surface area contributed by atoms with E-state index in [0.29, 0.717) is 10.8 Å². The van der Waals surface area contributed by atoms with Crippen molar-refractivity contribution < 1.29 is 13.5 Å². The van der Waals surface area contributed by atoms with Crippen molar-refractivity contribution in [3.63, 3.8) is 0 Å². The number of benzene rings is 2. The number of hydrogen-bond acceptors (Lipinski definition) is 2. The van der Waals surface area contributed by atoms with E-state index < -0.39 is 6.61 Å². The predicted octanol–water partition coefficient (Wildman–Crippen LogP) is 4.71. The Kier molecular flexibility index (Phi) is 5.27. The Hall–Kier alpha value is -2.21. The topological polar surface area (TPSA) is 33.3 Å². The number of nitrogens with one attached hydrogen (secondary N) is 2. The Morgan fingerprint density at radius 2 is 1.73 bits per heavy atom. The number of aryl methyl sites for hydroxylation is 2. The lowest BCUT2D eigenvalue weighted by Crippen LogP contribution is -2.19. The summed E-state index contributed by atoms with van der Waals surface area (Å²) in [5.41, 5.74) is 3.82. The predicted molar refractivity (Wildman–Crippen MR) is 88.8 cm³/mol. The number of ether oxygens (including phenoxy) is 1. The number of alkyl halides is 2. The standard InChI is InChI=1S/C16H16F2N2OS/c1-10-3-4-11(2)14(9-10)20-16(22)19-12-5-7-13(8-6-12)21-15(17)18/h3-9,15H,1-2H3,(H2,19,20,22). The van der Waals surface area contributed by atoms with Crippen LogP contribution in [0.5, 0.6) is 5.75 Å². The molecule has 22 heavy (non-hydrogen) atoms. The van der Waals surface area contributed by atoms with E-state index in [4.69, 9.17) is 12.2 Å². The lowest BCUT2D eigenvalue weighted by molar-refractivity contribution is -0.0498. The second kappa shape index (κ2) is 7.17. The summed E-state index contributed by atoms with van der Waals surface area (Å²) < 4.78 is 28.4. The van der Waals surface area contributed by atoms with Crippen molar-refractivity contribution in [2.24, 2.45) is 0 Å². The largest absolute Gasteiger partial charge is 0.435 e. The summed E-state index contributed by atoms with van der Waals surface area (Å²) >= 11 is 5.25. The van der Waals surface area contributed by atoms with Crippen molar-refractivity contribution in [3.8, 4) is 5.75 Å². The monoisotopic (exact) mass is 322 g/mol. The van der Waals surface area contributed by atoms with E-state index in [0.717, 1.165) is 16.8 Å². The van der Waals surface area contributed by atoms with Crippen LogP contribution in [0.4, 0.5) is 20.2 Å². The lowest BCUT2D eigenvalue weighted by atomic mass is 10.1. The maximum Gasteiger partial charge on any atom is 0.387 e. The number of halogens is 2. The second-order valence-corrected chi connectivity index (χ2v) is 5.21. The summed E-state index contributed by atoms with van der Waals surface area (Å²) in [4.78, 5) is 0. The molecule has 0 heterocycles. The molecule has 0 aliphatic heterocycles. The maximum absolute atomic E-state index is 12.1. The normalized spacial score (nSPS) is 10.4. The van der Waals surface area contributed by atoms with Crippen molar-refractivity contribution in [1.29, 1.82) is 0 Å². The molecule has 0 radical (unpaired) electrons. The van der Waals surface area contributed by atoms with Crippen molar-refractivity contribution in [2.75, 3.05) is 10.6 Å². The zero-order chi connectivity index (χ0) is 16.1. The van der Waals surface area contributed by atoms with Crippen LogP contribution in [-0.2, 0) is 0 Å². The van der Waals surface area contributed by atoms with Crippen molar-refractivity contribution in [1.82, 2.24) is 0 Å². The first-order chi connectivity index (χ1) is 10.4. The van der Waals surface area contributed by atoms with Gasteiger partial charge in [0.1, 0.15) is 5.75 Å². The van der Waals surface area contributed by atoms with Gasteiger partial charge in [-0.15, -0.1) is 0 Å². The summed E-state index contributed by atoms with van der Waals surface area (Å²) in [5, 5.41) is 6.54. The molecule has 6 heteroatoms. The molecule has 116 valence electrons. The van der Waals surface area contributed by atoms with Crippen LogP contribution in [-0.4, -0.2) is 11.7 Å². The fraction of sp³-hybridized carbons (Fsp3) is 0.188. The van der Waals surface area contributed by atoms with E-state index in [9.17, 15) is 8.78 Å². The first-order valence-corrected chi connectivity index (χ1v) is 7.05. The fourth-order valence-corrected chi connectivity index (χ4v) is 2.10. The molecule has 2 N–H and O–H groups in total. The molecular weight excluding hydrogens is 306 g/mol. The Labute approximate surface area is 133 Å². The van der Waals surface area contributed by atoms with Gasteiger partial charge in [-0.3, -0.25) is 0 Å². The molecule has 0 unspecified atom stereocenters. The first kappa shape index (κ1) is 16.2. The summed E-state index contributed by atoms with van der Waals surface area (Å²) in [6.45, 7) is 1.16. The average molecular weight is 322 g/mol. The summed E-state index contributed by atoms with van der Waals surface area (Å²) in [5.74, 6) is 0.106. The first-order valence-electron chi connectivity index (χ1n) is 6.64. The molecule has 0 aliphatic rings. The molecule has 0 amide bonds. The molecule has 0 aliphatic carbocycles. The van der Waals surface area contributed by atoms with E-state index in [1.165, 1.54) is 12.1 Å². The number of thiocarbonyl (C=S) groups is 1. The van der Waals surface area contributed by atoms with Crippen LogP contribution in [0.3, 0.4) is 0 Å². The van der Waals surface area contributed by atoms with E-state index >= 15 is 0 Å². The highest BCUT2D eigenvalue weighted by molar-refractivity contribution is 7.80. The van der Waals surface area contributed by atoms with Gasteiger partial charge in [-0.1, -0.05) is 12.1 Å². The van der Waals surface area contributed by atoms with Gasteiger partial charge in [0.2, 0.25) is 0 Å². The molecule has 0 spiro atoms. The van der Waals surface area contributed by atoms with Crippen LogP contribution < -0.4 is 15.4 Å². The smallest absolute Gasteiger partial charge is 0.387 e. The van der Waals surface area contributed by atoms with Crippen LogP contribution in [0, 0.1) is 13.8 Å². The third kappa shape index (κ3) is 4.66. The Balaban J connectivity index is 1.98. The van der Waals surface area contributed by atoms with Crippen molar-refractivity contribution in [3.05, 3.63) is 53.6 Å². The molecule has 0 fully saturated rings. The zero-order valence-electron chi connectivity index (χ0n) is 12.2. The third-order valence-electron chi connectivity index (χ3n) is 2.98. The van der Waals surface area contributed by atoms with Crippen LogP contribution >= 0.6 is 12.2 Å². The van der Waals surface area contributed by atoms with Crippen LogP contribution in [0.15, 0.2) is 42.5 Å². The van der Waals surface area contributed by atoms with Gasteiger partial charge < -0.3 is 15.4 Å². The number of anilines is 2. The van der Waals surface area contributed by atoms with Gasteiger partial charge in [0.05, 0.1) is 0 Å². The minimum Gasteiger partial charge on any atom is -0.435 e. The molecule has 2 aromatic rings. The van der Waals surface area contributed by atoms with Gasteiger partial charge in [-0.25, -0.2) is 0 Å². The van der Waals surface area contributed by atoms with Gasteiger partial charge in [0, 0.05) is 11.4 Å². The zero-order valence-corrected chi connectivity index (χ0v) is 13.0. The van der Waals surface area contributed by atoms with E-state index in [-0.39, 0.29) is 5.75 Å². The van der Waals surface area contributed by atoms with Crippen molar-refractivity contribution in [2.45, 2.75) is 20.5 Å². The Morgan fingerprint density at radius 3 is 2.36 bits per heavy atom. The molecule has 0 saturated carbocycles. The van der Waals surface area contributed by atoms with Crippen LogP contribution in [0.2, 0.25) is 0 Å². The molecule has 2 aromatic carbocycles. The molecule has 0 bridgehead atoms. The summed E-state index contributed by atoms with van der Waals surface area (Å²) in [6.07, 6.45) is 0. The average Bonchev–Trinajstić information content (AvgIpc) is 2.44. The minimum atomic E-state index is -2.83. The van der Waals surface area contributed by atoms with E-state index in [2.05, 4.69) is 15.4 Å². The molecule has 2 rings (SSSR count). The van der Waals surface area contributed by atoms with Crippen LogP contribution in [0.25, 0.3) is 0 Å². The Morgan fingerprint density at radius 1 is 1.05 bits per heavy atom. The van der Waals surface area contributed by atoms with Gasteiger partial charge in [-0.05, 0) is 67.5 Å². The van der Waals surface area contributed by atoms with Crippen LogP contribution in [0.1, 0.15) is 11.1 Å². The van der Waals surface area contributed by atoms with E-state index in [1.54, 1.807) is 12.1 Å². The highest BCUT2D eigenvalue weighted by Gasteiger charge is 2.05. The number of rotatable bonds is 4. The molecule has 3 nitrogen and oxygen atoms in total. The molecular formula is C16H16F2N2OS. The van der Waals surface area contributed by atoms with Gasteiger partial charge in [-0.2, -0.15) is 8.78 Å². The summed E-state index contributed by atoms with van der Waals surface area (Å²) in [7, 11) is 0. The van der Waals surface area contributed by atoms with Gasteiger partial charge in [0.25, 0.3) is 0 Å². The third-order valence-corrected chi connectivity index (χ3v) is 3.18. The quantitative estimate of drug-likeness (QED) is 0.799. The SMILES string of the molecule is Cc1ccc(C)c(NC(=S)Nc2ccc(OC(F)F)cc2)c1. The maximum atomic E-state index is 12.1. The lowest BCUT2D eigenvalue weighted by Gasteiger charge is -2.13. The Bertz CT molecular complexity index is 660. The molecule has 0 atom stereocenters. The second-order valence-electron chi connectivity index (χ2n) is 4.80. The van der Waals surface area contributed by atoms with E-state index in [1.807, 2.05) is 32.0 Å². The highest BCUT2D eigenvalue weighted by atomic mass is 32.1. The highest BCUT2D eigenvalue weighted by Crippen LogP contribution is 2.19. The minimum absolute atomic E-state index is 0.106. The van der Waals surface area contributed by atoms with Crippen molar-refractivity contribution >= 4 is 28.7 Å².